The van der Waals surface area contributed by atoms with Crippen LogP contribution in [-0.4, -0.2) is 6.21 Å². The molecule has 0 fully saturated rings. The first-order chi connectivity index (χ1) is 9.43. The van der Waals surface area contributed by atoms with E-state index in [9.17, 15) is 0 Å². The largest absolute Gasteiger partial charge is 0 e. The molecule has 0 bridgehead atoms. The fraction of sp³-hybridized carbons (Fsp3) is 0.0667. The van der Waals surface area contributed by atoms with Crippen LogP contribution in [-0.2, 0) is 37.6 Å². The van der Waals surface area contributed by atoms with Crippen LogP contribution in [0.4, 0.5) is 0 Å². The summed E-state index contributed by atoms with van der Waals surface area (Å²) in [4.78, 5) is 4.22. The first-order valence-electron chi connectivity index (χ1n) is 4.86. The van der Waals surface area contributed by atoms with Gasteiger partial charge in [-0.05, 0) is 11.6 Å². The molecule has 0 unspecified atom stereocenters. The van der Waals surface area contributed by atoms with Crippen molar-refractivity contribution in [3.63, 3.8) is 0 Å². The Morgan fingerprint density at radius 3 is 1.90 bits per heavy atom. The molecule has 0 atom stereocenters. The van der Waals surface area contributed by atoms with Crippen LogP contribution in [0, 0.1) is 20.0 Å². The van der Waals surface area contributed by atoms with Crippen LogP contribution in [0.1, 0.15) is 5.56 Å². The van der Waals surface area contributed by atoms with Crippen molar-refractivity contribution in [2.75, 3.05) is 0 Å². The van der Waals surface area contributed by atoms with Gasteiger partial charge in [0.1, 0.15) is 0 Å². The van der Waals surface area contributed by atoms with Crippen molar-refractivity contribution in [3.8, 4) is 0 Å². The molecule has 104 valence electrons. The maximum atomic E-state index is 7.50. The summed E-state index contributed by atoms with van der Waals surface area (Å²) in [6, 6.07) is 10.2. The second-order valence-corrected chi connectivity index (χ2v) is 2.60. The zero-order valence-corrected chi connectivity index (χ0v) is 11.7. The van der Waals surface area contributed by atoms with Crippen LogP contribution >= 0.6 is 0 Å². The Kier molecular flexibility index (Phi) is 40.3. The molecule has 5 heteroatoms. The minimum absolute atomic E-state index is 0. The van der Waals surface area contributed by atoms with Gasteiger partial charge >= 0.3 is 33.9 Å². The Morgan fingerprint density at radius 2 is 1.45 bits per heavy atom. The summed E-state index contributed by atoms with van der Waals surface area (Å²) in [6.07, 6.45) is 7.24. The number of allylic oxidation sites excluding steroid dienone is 3. The van der Waals surface area contributed by atoms with Crippen LogP contribution < -0.4 is 0 Å². The molecule has 0 saturated carbocycles. The second-order valence-electron chi connectivity index (χ2n) is 2.60. The van der Waals surface area contributed by atoms with Crippen molar-refractivity contribution in [1.82, 2.24) is 0 Å². The smallest absolute Gasteiger partial charge is 0 e. The van der Waals surface area contributed by atoms with Crippen LogP contribution in [0.2, 0.25) is 0 Å². The van der Waals surface area contributed by atoms with E-state index < -0.39 is 0 Å². The molecule has 0 heterocycles. The Balaban J connectivity index is -0.000000162. The van der Waals surface area contributed by atoms with E-state index in [0.29, 0.717) is 0 Å². The molecule has 0 aliphatic carbocycles. The third kappa shape index (κ3) is 21.4. The Morgan fingerprint density at radius 1 is 0.950 bits per heavy atom. The Hall–Kier alpha value is -1.89. The monoisotopic (exact) mass is 311 g/mol. The second kappa shape index (κ2) is 30.3. The topological polar surface area (TPSA) is 72.1 Å². The van der Waals surface area contributed by atoms with Crippen LogP contribution in [0.25, 0.3) is 0 Å². The third-order valence-electron chi connectivity index (χ3n) is 1.56. The maximum Gasteiger partial charge on any atom is 0 e. The summed E-state index contributed by atoms with van der Waals surface area (Å²) >= 11 is 0. The van der Waals surface area contributed by atoms with Gasteiger partial charge in [-0.3, -0.25) is 4.99 Å². The number of rotatable bonds is 4. The van der Waals surface area contributed by atoms with Crippen molar-refractivity contribution >= 4 is 6.21 Å². The van der Waals surface area contributed by atoms with E-state index in [1.54, 1.807) is 12.3 Å². The van der Waals surface area contributed by atoms with Gasteiger partial charge in [0, 0.05) is 23.3 Å². The van der Waals surface area contributed by atoms with E-state index in [4.69, 9.17) is 14.0 Å². The van der Waals surface area contributed by atoms with E-state index in [1.165, 1.54) is 5.56 Å². The third-order valence-corrected chi connectivity index (χ3v) is 1.56. The van der Waals surface area contributed by atoms with Gasteiger partial charge in [0.2, 0.25) is 0 Å². The molecule has 1 rings (SSSR count). The van der Waals surface area contributed by atoms with Gasteiger partial charge in [-0.2, -0.15) is 0 Å². The molecule has 4 nitrogen and oxygen atoms in total. The molecular formula is C15H13FeNO3. The Bertz CT molecular complexity index is 405. The fourth-order valence-electron chi connectivity index (χ4n) is 0.931. The van der Waals surface area contributed by atoms with Crippen LogP contribution in [0.15, 0.2) is 60.1 Å². The van der Waals surface area contributed by atoms with Crippen LogP contribution in [0.5, 0.6) is 0 Å². The molecule has 1 aromatic carbocycles. The molecule has 0 aliphatic heterocycles. The molecule has 0 amide bonds. The molecule has 1 aromatic rings. The zero-order chi connectivity index (χ0) is 15.4. The van der Waals surface area contributed by atoms with Gasteiger partial charge in [0.15, 0.2) is 0 Å². The first kappa shape index (κ1) is 26.6. The molecule has 20 heavy (non-hydrogen) atoms. The molecular weight excluding hydrogens is 298 g/mol. The summed E-state index contributed by atoms with van der Waals surface area (Å²) in [7, 11) is 0. The number of benzene rings is 1. The Labute approximate surface area is 129 Å². The van der Waals surface area contributed by atoms with E-state index in [2.05, 4.69) is 43.7 Å². The molecule has 0 aliphatic rings. The number of nitrogens with zero attached hydrogens (tertiary/aromatic N) is 1. The van der Waals surface area contributed by atoms with Gasteiger partial charge < -0.3 is 0 Å². The minimum atomic E-state index is 0. The van der Waals surface area contributed by atoms with E-state index in [0.717, 1.165) is 6.54 Å². The van der Waals surface area contributed by atoms with Crippen molar-refractivity contribution in [2.24, 2.45) is 4.99 Å². The maximum absolute atomic E-state index is 7.50. The van der Waals surface area contributed by atoms with Crippen molar-refractivity contribution in [3.05, 3.63) is 80.7 Å². The molecule has 0 spiro atoms. The summed E-state index contributed by atoms with van der Waals surface area (Å²) in [5.74, 6) is 0. The molecule has 0 aromatic heterocycles. The van der Waals surface area contributed by atoms with Gasteiger partial charge in [0.05, 0.1) is 6.54 Å². The average Bonchev–Trinajstić information content (AvgIpc) is 2.54. The SMILES string of the molecule is C=C/C=C/C=NCc1ccccc1.[C-]#[O+].[C-]#[O+].[C-]#[O+].[Fe]. The van der Waals surface area contributed by atoms with Crippen molar-refractivity contribution in [2.45, 2.75) is 6.54 Å². The van der Waals surface area contributed by atoms with Gasteiger partial charge in [0.25, 0.3) is 0 Å². The molecule has 0 N–H and O–H groups in total. The van der Waals surface area contributed by atoms with Crippen molar-refractivity contribution < 1.29 is 31.0 Å². The van der Waals surface area contributed by atoms with Gasteiger partial charge in [-0.1, -0.05) is 49.1 Å². The first-order valence-corrected chi connectivity index (χ1v) is 4.86. The van der Waals surface area contributed by atoms with E-state index >= 15 is 0 Å². The van der Waals surface area contributed by atoms with Crippen LogP contribution in [0.3, 0.4) is 0 Å². The van der Waals surface area contributed by atoms with E-state index in [-0.39, 0.29) is 17.1 Å². The van der Waals surface area contributed by atoms with Gasteiger partial charge in [-0.15, -0.1) is 0 Å². The van der Waals surface area contributed by atoms with Crippen molar-refractivity contribution in [1.29, 1.82) is 0 Å². The van der Waals surface area contributed by atoms with E-state index in [1.807, 2.05) is 30.4 Å². The minimum Gasteiger partial charge on any atom is 0 e. The summed E-state index contributed by atoms with van der Waals surface area (Å²) in [6.45, 7) is 17.8. The average molecular weight is 311 g/mol. The van der Waals surface area contributed by atoms with Gasteiger partial charge in [-0.25, -0.2) is 0 Å². The molecule has 0 radical (unpaired) electrons. The normalized spacial score (nSPS) is 7.50. The molecule has 0 saturated heterocycles. The fourth-order valence-corrected chi connectivity index (χ4v) is 0.931. The summed E-state index contributed by atoms with van der Waals surface area (Å²) in [5.41, 5.74) is 1.23. The zero-order valence-electron chi connectivity index (χ0n) is 10.6. The number of aliphatic imine (C=N–C) groups is 1. The predicted octanol–water partition coefficient (Wildman–Crippen LogP) is 2.88. The summed E-state index contributed by atoms with van der Waals surface area (Å²) < 4.78 is 22.5. The number of hydrogen-bond donors (Lipinski definition) is 0. The number of hydrogen-bond acceptors (Lipinski definition) is 1. The standard InChI is InChI=1S/C12H13N.3CO.Fe/c1-2-3-7-10-13-11-12-8-5-4-6-9-12;3*1-2;/h2-10H,1,11H2;;;;/b7-3+,13-10?;;;;. The quantitative estimate of drug-likeness (QED) is 0.270. The predicted molar refractivity (Wildman–Crippen MR) is 69.8 cm³/mol. The summed E-state index contributed by atoms with van der Waals surface area (Å²) in [5, 5.41) is 0.